The molecule has 0 aliphatic heterocycles. The molecule has 0 heterocycles. The summed E-state index contributed by atoms with van der Waals surface area (Å²) < 4.78 is 0. The van der Waals surface area contributed by atoms with Crippen LogP contribution in [-0.2, 0) is 21.7 Å². The van der Waals surface area contributed by atoms with Gasteiger partial charge in [0.2, 0.25) is 0 Å². The molecule has 4 heteroatoms. The van der Waals surface area contributed by atoms with E-state index in [0.29, 0.717) is 5.92 Å². The molecule has 0 radical (unpaired) electrons. The zero-order chi connectivity index (χ0) is 8.72. The van der Waals surface area contributed by atoms with Crippen LogP contribution in [0.5, 0.6) is 0 Å². The van der Waals surface area contributed by atoms with Crippen LogP contribution in [-0.4, -0.2) is 0 Å². The van der Waals surface area contributed by atoms with Crippen molar-refractivity contribution in [3.05, 3.63) is 41.0 Å². The third kappa shape index (κ3) is 4.21. The molecule has 1 atom stereocenters. The van der Waals surface area contributed by atoms with E-state index in [1.807, 2.05) is 6.07 Å². The Labute approximate surface area is 164 Å². The van der Waals surface area contributed by atoms with Gasteiger partial charge in [0.15, 0.2) is 0 Å². The topological polar surface area (TPSA) is 0 Å². The first-order valence-electron chi connectivity index (χ1n) is 4.40. The van der Waals surface area contributed by atoms with Crippen molar-refractivity contribution in [2.75, 3.05) is 0 Å². The summed E-state index contributed by atoms with van der Waals surface area (Å²) in [5.41, 5.74) is 5.67. The van der Waals surface area contributed by atoms with Gasteiger partial charge in [0.05, 0.1) is 0 Å². The molecule has 1 aromatic rings. The van der Waals surface area contributed by atoms with Gasteiger partial charge in [0.25, 0.3) is 0 Å². The fourth-order valence-electron chi connectivity index (χ4n) is 1.89. The molecular formula is C12H13I3Ti. The molecule has 1 aliphatic rings. The molecule has 1 aromatic carbocycles. The van der Waals surface area contributed by atoms with E-state index in [0.717, 1.165) is 0 Å². The third-order valence-electron chi connectivity index (χ3n) is 2.97. The van der Waals surface area contributed by atoms with E-state index in [4.69, 9.17) is 0 Å². The largest absolute Gasteiger partial charge is 4.00 e. The van der Waals surface area contributed by atoms with Gasteiger partial charge >= 0.3 is 21.7 Å². The Morgan fingerprint density at radius 2 is 1.69 bits per heavy atom. The van der Waals surface area contributed by atoms with Crippen LogP contribution in [0.4, 0.5) is 0 Å². The van der Waals surface area contributed by atoms with E-state index >= 15 is 0 Å². The Hall–Kier alpha value is 1.86. The number of hydrogen-bond donors (Lipinski definition) is 0. The molecular weight excluding hydrogens is 573 g/mol. The van der Waals surface area contributed by atoms with Crippen LogP contribution < -0.4 is 71.9 Å². The molecule has 0 aromatic heterocycles. The van der Waals surface area contributed by atoms with Crippen molar-refractivity contribution in [2.24, 2.45) is 0 Å². The van der Waals surface area contributed by atoms with E-state index in [-0.39, 0.29) is 93.6 Å². The first-order valence-corrected chi connectivity index (χ1v) is 4.40. The van der Waals surface area contributed by atoms with Gasteiger partial charge in [-0.2, -0.15) is 0 Å². The van der Waals surface area contributed by atoms with Crippen molar-refractivity contribution in [3.63, 3.8) is 0 Å². The molecule has 0 nitrogen and oxygen atoms in total. The standard InChI is InChI=1S/C12H13.3HI.Ti/c1-8-9(2)11-6-4-5-7-12(11)10(8)3;;;;/h4-6,9H,1-3H3;3*1H;/q-1;;;;+4/p-3. The minimum atomic E-state index is 0. The minimum absolute atomic E-state index is 0. The van der Waals surface area contributed by atoms with Crippen LogP contribution in [0.25, 0.3) is 5.57 Å². The maximum atomic E-state index is 3.30. The quantitative estimate of drug-likeness (QED) is 0.162. The predicted molar refractivity (Wildman–Crippen MR) is 52.0 cm³/mol. The number of benzene rings is 1. The summed E-state index contributed by atoms with van der Waals surface area (Å²) in [6, 6.07) is 9.57. The minimum Gasteiger partial charge on any atom is -1.00 e. The first-order chi connectivity index (χ1) is 5.72. The molecule has 16 heavy (non-hydrogen) atoms. The van der Waals surface area contributed by atoms with Crippen molar-refractivity contribution in [2.45, 2.75) is 26.7 Å². The third-order valence-corrected chi connectivity index (χ3v) is 2.97. The maximum Gasteiger partial charge on any atom is 4.00 e. The zero-order valence-corrected chi connectivity index (χ0v) is 17.5. The Morgan fingerprint density at radius 3 is 2.19 bits per heavy atom. The average molecular weight is 586 g/mol. The molecule has 0 fully saturated rings. The second-order valence-corrected chi connectivity index (χ2v) is 3.53. The van der Waals surface area contributed by atoms with Crippen molar-refractivity contribution >= 4 is 5.57 Å². The van der Waals surface area contributed by atoms with Gasteiger partial charge in [-0.25, -0.2) is 0 Å². The smallest absolute Gasteiger partial charge is 1.00 e. The van der Waals surface area contributed by atoms with Gasteiger partial charge in [-0.3, -0.25) is 0 Å². The summed E-state index contributed by atoms with van der Waals surface area (Å²) in [6.07, 6.45) is 0. The molecule has 0 saturated carbocycles. The van der Waals surface area contributed by atoms with Crippen LogP contribution in [0.3, 0.4) is 0 Å². The number of halogens is 3. The summed E-state index contributed by atoms with van der Waals surface area (Å²) >= 11 is 0. The summed E-state index contributed by atoms with van der Waals surface area (Å²) in [7, 11) is 0. The van der Waals surface area contributed by atoms with Crippen molar-refractivity contribution in [1.29, 1.82) is 0 Å². The Morgan fingerprint density at radius 1 is 1.12 bits per heavy atom. The first kappa shape index (κ1) is 23.0. The predicted octanol–water partition coefficient (Wildman–Crippen LogP) is -5.59. The van der Waals surface area contributed by atoms with Crippen LogP contribution >= 0.6 is 0 Å². The van der Waals surface area contributed by atoms with E-state index in [1.165, 1.54) is 22.3 Å². The second-order valence-electron chi connectivity index (χ2n) is 3.53. The fraction of sp³-hybridized carbons (Fsp3) is 0.333. The van der Waals surface area contributed by atoms with E-state index in [1.54, 1.807) is 0 Å². The zero-order valence-electron chi connectivity index (χ0n) is 9.44. The van der Waals surface area contributed by atoms with Crippen molar-refractivity contribution in [3.8, 4) is 0 Å². The Kier molecular flexibility index (Phi) is 14.0. The molecule has 2 rings (SSSR count). The van der Waals surface area contributed by atoms with Gasteiger partial charge in [-0.15, -0.1) is 46.5 Å². The van der Waals surface area contributed by atoms with Crippen molar-refractivity contribution in [1.82, 2.24) is 0 Å². The second kappa shape index (κ2) is 9.75. The summed E-state index contributed by atoms with van der Waals surface area (Å²) in [6.45, 7) is 6.67. The van der Waals surface area contributed by atoms with Gasteiger partial charge < -0.3 is 71.9 Å². The van der Waals surface area contributed by atoms with Crippen LogP contribution in [0.2, 0.25) is 0 Å². The van der Waals surface area contributed by atoms with E-state index in [2.05, 4.69) is 39.0 Å². The molecule has 0 amide bonds. The van der Waals surface area contributed by atoms with Gasteiger partial charge in [0.1, 0.15) is 0 Å². The molecule has 0 saturated heterocycles. The number of rotatable bonds is 0. The molecule has 1 aliphatic carbocycles. The molecule has 0 spiro atoms. The monoisotopic (exact) mass is 586 g/mol. The molecule has 0 bridgehead atoms. The SMILES string of the molecule is CC1=C(C)C(C)c2ccc[c-]c21.[I-].[I-].[I-].[Ti+4]. The van der Waals surface area contributed by atoms with Gasteiger partial charge in [0, 0.05) is 0 Å². The van der Waals surface area contributed by atoms with Crippen molar-refractivity contribution < 1.29 is 93.6 Å². The Balaban J connectivity index is -0.000000422. The fourth-order valence-corrected chi connectivity index (χ4v) is 1.89. The maximum absolute atomic E-state index is 3.30. The van der Waals surface area contributed by atoms with Crippen LogP contribution in [0.1, 0.15) is 37.8 Å². The number of allylic oxidation sites excluding steroid dienone is 2. The summed E-state index contributed by atoms with van der Waals surface area (Å²) in [4.78, 5) is 0. The van der Waals surface area contributed by atoms with E-state index < -0.39 is 0 Å². The van der Waals surface area contributed by atoms with Crippen LogP contribution in [0.15, 0.2) is 23.8 Å². The summed E-state index contributed by atoms with van der Waals surface area (Å²) in [5, 5.41) is 0. The van der Waals surface area contributed by atoms with Gasteiger partial charge in [-0.1, -0.05) is 20.8 Å². The Bertz CT molecular complexity index is 361. The summed E-state index contributed by atoms with van der Waals surface area (Å²) in [5.74, 6) is 0.595. The van der Waals surface area contributed by atoms with E-state index in [9.17, 15) is 0 Å². The number of fused-ring (bicyclic) bond motifs is 1. The molecule has 1 unspecified atom stereocenters. The van der Waals surface area contributed by atoms with Crippen LogP contribution in [0, 0.1) is 6.07 Å². The number of hydrogen-bond acceptors (Lipinski definition) is 0. The van der Waals surface area contributed by atoms with Gasteiger partial charge in [-0.05, 0) is 5.92 Å². The average Bonchev–Trinajstić information content (AvgIpc) is 2.33. The molecule has 86 valence electrons. The normalized spacial score (nSPS) is 16.1. The molecule has 0 N–H and O–H groups in total.